The van der Waals surface area contributed by atoms with Crippen LogP contribution in [0, 0.1) is 13.8 Å². The largest absolute Gasteiger partial charge is 2.00 e. The molecule has 0 aliphatic carbocycles. The van der Waals surface area contributed by atoms with Gasteiger partial charge in [0.25, 0.3) is 0 Å². The van der Waals surface area contributed by atoms with Gasteiger partial charge in [0.2, 0.25) is 5.91 Å². The van der Waals surface area contributed by atoms with Crippen molar-refractivity contribution in [3.63, 3.8) is 0 Å². The number of aryl methyl sites for hydroxylation is 4. The van der Waals surface area contributed by atoms with Crippen LogP contribution in [0.5, 0.6) is 0 Å². The van der Waals surface area contributed by atoms with Gasteiger partial charge in [-0.15, -0.1) is 22.1 Å². The van der Waals surface area contributed by atoms with Crippen LogP contribution in [0.3, 0.4) is 0 Å². The quantitative estimate of drug-likeness (QED) is 0.0423. The second-order valence-corrected chi connectivity index (χ2v) is 15.8. The molecule has 5 heterocycles. The first-order chi connectivity index (χ1) is 30.3. The van der Waals surface area contributed by atoms with E-state index in [0.717, 1.165) is 50.1 Å². The van der Waals surface area contributed by atoms with Crippen molar-refractivity contribution in [2.24, 2.45) is 0 Å². The minimum Gasteiger partial charge on any atom is -0.657 e. The molecule has 3 N–H and O–H groups in total. The first-order valence-corrected chi connectivity index (χ1v) is 21.9. The Hall–Kier alpha value is -5.84. The molecule has 8 bridgehead atoms. The van der Waals surface area contributed by atoms with Crippen LogP contribution >= 0.6 is 0 Å². The number of nitrogens with zero attached hydrogens (tertiary/aromatic N) is 4. The molecule has 4 aromatic rings. The van der Waals surface area contributed by atoms with Gasteiger partial charge in [-0.2, -0.15) is 0 Å². The maximum absolute atomic E-state index is 13.3. The fourth-order valence-electron chi connectivity index (χ4n) is 8.07. The number of benzene rings is 1. The van der Waals surface area contributed by atoms with Crippen molar-refractivity contribution in [3.05, 3.63) is 99.1 Å². The fraction of sp³-hybridized carbons (Fsp3) is 0.400. The molecule has 2 aliphatic heterocycles. The summed E-state index contributed by atoms with van der Waals surface area (Å²) in [6.45, 7) is 14.7. The van der Waals surface area contributed by atoms with E-state index in [-0.39, 0.29) is 89.7 Å². The summed E-state index contributed by atoms with van der Waals surface area (Å²) in [5, 5.41) is 3.06. The molecule has 0 saturated carbocycles. The number of rotatable bonds is 18. The molecule has 0 unspecified atom stereocenters. The number of esters is 3. The van der Waals surface area contributed by atoms with Crippen LogP contribution in [-0.4, -0.2) is 60.1 Å². The Bertz CT molecular complexity index is 2620. The Morgan fingerprint density at radius 3 is 1.41 bits per heavy atom. The molecule has 0 atom stereocenters. The van der Waals surface area contributed by atoms with E-state index in [0.29, 0.717) is 89.2 Å². The van der Waals surface area contributed by atoms with E-state index >= 15 is 0 Å². The van der Waals surface area contributed by atoms with Crippen LogP contribution in [0.25, 0.3) is 44.4 Å². The van der Waals surface area contributed by atoms with E-state index in [1.807, 2.05) is 76.2 Å². The van der Waals surface area contributed by atoms with Crippen LogP contribution in [0.4, 0.5) is 5.69 Å². The monoisotopic (exact) mass is 960 g/mol. The normalized spacial score (nSPS) is 12.2. The SMILES string of the molecule is CCOC(=O)CCC1=C(C)c2cc3[n-]c(cc4nc(cc5[n-]c(cc1n2)c(CCC(=O)OCC)c5C)C(C)=C4CCC(=O)NCCc1ccc(N)cc1)c(CCC(=O)OCC)c3C.[Pd+2]. The number of carbonyl (C=O) groups excluding carboxylic acids is 4. The zero-order valence-electron chi connectivity index (χ0n) is 37.9. The molecule has 1 amide bonds. The van der Waals surface area contributed by atoms with Gasteiger partial charge in [-0.05, 0) is 121 Å². The number of fused-ring (bicyclic) bond motifs is 8. The maximum atomic E-state index is 13.3. The van der Waals surface area contributed by atoms with Crippen molar-refractivity contribution in [2.45, 2.75) is 106 Å². The Labute approximate surface area is 388 Å². The van der Waals surface area contributed by atoms with Gasteiger partial charge in [0.05, 0.1) is 42.6 Å². The van der Waals surface area contributed by atoms with Crippen LogP contribution in [0.15, 0.2) is 48.5 Å². The van der Waals surface area contributed by atoms with Gasteiger partial charge >= 0.3 is 38.3 Å². The maximum Gasteiger partial charge on any atom is 2.00 e. The van der Waals surface area contributed by atoms with Crippen LogP contribution < -0.4 is 21.0 Å². The van der Waals surface area contributed by atoms with Crippen LogP contribution in [0.1, 0.15) is 124 Å². The number of anilines is 1. The van der Waals surface area contributed by atoms with Crippen molar-refractivity contribution in [1.82, 2.24) is 25.3 Å². The first kappa shape index (κ1) is 49.2. The average Bonchev–Trinajstić information content (AvgIpc) is 3.91. The number of nitrogen functional groups attached to an aromatic ring is 1. The summed E-state index contributed by atoms with van der Waals surface area (Å²) in [5.41, 5.74) is 20.2. The van der Waals surface area contributed by atoms with Crippen LogP contribution in [0.2, 0.25) is 0 Å². The molecular formula is C50H58N6O7Pd. The number of nitrogens with one attached hydrogen (secondary N) is 1. The molecule has 0 fully saturated rings. The van der Waals surface area contributed by atoms with Crippen molar-refractivity contribution in [2.75, 3.05) is 32.1 Å². The summed E-state index contributed by atoms with van der Waals surface area (Å²) in [6.07, 6.45) is 3.05. The Kier molecular flexibility index (Phi) is 17.4. The van der Waals surface area contributed by atoms with E-state index < -0.39 is 0 Å². The van der Waals surface area contributed by atoms with Gasteiger partial charge in [-0.3, -0.25) is 19.2 Å². The van der Waals surface area contributed by atoms with Crippen LogP contribution in [-0.2, 0) is 73.1 Å². The summed E-state index contributed by atoms with van der Waals surface area (Å²) in [4.78, 5) is 71.8. The van der Waals surface area contributed by atoms with E-state index in [9.17, 15) is 19.2 Å². The van der Waals surface area contributed by atoms with Gasteiger partial charge < -0.3 is 35.2 Å². The molecule has 340 valence electrons. The molecule has 13 nitrogen and oxygen atoms in total. The molecular weight excluding hydrogens is 903 g/mol. The molecule has 0 saturated heterocycles. The third-order valence-corrected chi connectivity index (χ3v) is 11.6. The molecule has 6 rings (SSSR count). The summed E-state index contributed by atoms with van der Waals surface area (Å²) in [7, 11) is 0. The van der Waals surface area contributed by atoms with E-state index in [1.165, 1.54) is 0 Å². The molecule has 3 aromatic heterocycles. The van der Waals surface area contributed by atoms with Gasteiger partial charge in [-0.25, -0.2) is 9.97 Å². The molecule has 0 radical (unpaired) electrons. The average molecular weight is 961 g/mol. The number of aromatic nitrogens is 4. The number of hydrogen-bond acceptors (Lipinski definition) is 10. The van der Waals surface area contributed by atoms with Gasteiger partial charge in [0, 0.05) is 37.9 Å². The van der Waals surface area contributed by atoms with Gasteiger partial charge in [0.1, 0.15) is 0 Å². The van der Waals surface area contributed by atoms with Crippen molar-refractivity contribution in [1.29, 1.82) is 0 Å². The Morgan fingerprint density at radius 2 is 0.969 bits per heavy atom. The zero-order valence-corrected chi connectivity index (χ0v) is 39.4. The third kappa shape index (κ3) is 12.0. The van der Waals surface area contributed by atoms with Gasteiger partial charge in [-0.1, -0.05) is 58.7 Å². The smallest absolute Gasteiger partial charge is 0.657 e. The minimum absolute atomic E-state index is 0. The summed E-state index contributed by atoms with van der Waals surface area (Å²) in [6, 6.07) is 15.4. The predicted octanol–water partition coefficient (Wildman–Crippen LogP) is 8.10. The second kappa shape index (κ2) is 22.7. The molecule has 0 spiro atoms. The fourth-order valence-corrected chi connectivity index (χ4v) is 8.07. The summed E-state index contributed by atoms with van der Waals surface area (Å²) in [5.74, 6) is -0.969. The summed E-state index contributed by atoms with van der Waals surface area (Å²) >= 11 is 0. The number of carbonyl (C=O) groups is 4. The van der Waals surface area contributed by atoms with E-state index in [4.69, 9.17) is 39.9 Å². The van der Waals surface area contributed by atoms with Gasteiger partial charge in [0.15, 0.2) is 0 Å². The first-order valence-electron chi connectivity index (χ1n) is 21.9. The second-order valence-electron chi connectivity index (χ2n) is 15.8. The third-order valence-electron chi connectivity index (χ3n) is 11.6. The summed E-state index contributed by atoms with van der Waals surface area (Å²) < 4.78 is 15.9. The Balaban J connectivity index is 0.00000771. The van der Waals surface area contributed by atoms with E-state index in [1.54, 1.807) is 20.8 Å². The zero-order chi connectivity index (χ0) is 45.2. The van der Waals surface area contributed by atoms with Crippen molar-refractivity contribution < 1.29 is 53.8 Å². The molecule has 14 heteroatoms. The number of amides is 1. The standard InChI is InChI=1S/C50H59N6O7.Pd/c1-8-61-48(58)20-16-36-30(5)41-26-42-32(7)38(18-22-50(60)63-10-3)46(56-42)28-45-37(17-21-49(59)62-9-2)31(6)40(55-45)25-39-29(4)35(43(53-39)27-44(36)54-41)15-19-47(57)52-24-23-33-11-13-34(51)14-12-33;/h11-14,25-28H,8-10,15-24,51H2,1-7H3,(H2-,52,53,54,55,56,57);/q-1;+2/p-1. The van der Waals surface area contributed by atoms with Crippen molar-refractivity contribution >= 4 is 73.9 Å². The molecule has 1 aromatic carbocycles. The predicted molar refractivity (Wildman–Crippen MR) is 246 cm³/mol. The topological polar surface area (TPSA) is 188 Å². The number of allylic oxidation sites excluding steroid dienone is 4. The molecule has 64 heavy (non-hydrogen) atoms. The minimum atomic E-state index is -0.298. The number of nitrogens with two attached hydrogens (primary N) is 1. The molecule has 2 aliphatic rings. The van der Waals surface area contributed by atoms with E-state index in [2.05, 4.69) is 5.32 Å². The van der Waals surface area contributed by atoms with Crippen molar-refractivity contribution in [3.8, 4) is 0 Å². The Morgan fingerprint density at radius 1 is 0.562 bits per heavy atom. The number of hydrogen-bond donors (Lipinski definition) is 2. The number of ether oxygens (including phenoxy) is 3.